The molecule has 6 nitrogen and oxygen atoms in total. The van der Waals surface area contributed by atoms with E-state index >= 15 is 0 Å². The normalized spacial score (nSPS) is 16.6. The third-order valence-corrected chi connectivity index (χ3v) is 4.86. The first kappa shape index (κ1) is 15.2. The lowest BCUT2D eigenvalue weighted by Crippen LogP contribution is -2.40. The maximum absolute atomic E-state index is 5.55. The van der Waals surface area contributed by atoms with E-state index in [9.17, 15) is 0 Å². The highest BCUT2D eigenvalue weighted by atomic mass is 32.2. The Hall–Kier alpha value is -1.24. The van der Waals surface area contributed by atoms with Crippen molar-refractivity contribution in [2.24, 2.45) is 0 Å². The monoisotopic (exact) mass is 297 g/mol. The number of nitrogens with zero attached hydrogens (tertiary/aromatic N) is 3. The predicted octanol–water partition coefficient (Wildman–Crippen LogP) is 2.40. The molecule has 1 heterocycles. The van der Waals surface area contributed by atoms with Crippen LogP contribution < -0.4 is 15.4 Å². The van der Waals surface area contributed by atoms with Crippen molar-refractivity contribution in [1.82, 2.24) is 15.0 Å². The zero-order chi connectivity index (χ0) is 14.6. The Labute approximate surface area is 124 Å². The summed E-state index contributed by atoms with van der Waals surface area (Å²) in [5, 5.41) is 6.26. The Morgan fingerprint density at radius 3 is 2.45 bits per heavy atom. The molecule has 112 valence electrons. The van der Waals surface area contributed by atoms with Crippen LogP contribution in [0.2, 0.25) is 0 Å². The Kier molecular flexibility index (Phi) is 4.91. The molecule has 1 aromatic heterocycles. The number of aromatic nitrogens is 3. The van der Waals surface area contributed by atoms with Crippen LogP contribution in [-0.4, -0.2) is 45.7 Å². The molecule has 0 aliphatic heterocycles. The second-order valence-electron chi connectivity index (χ2n) is 5.28. The number of hydrogen-bond donors (Lipinski definition) is 2. The molecule has 2 N–H and O–H groups in total. The highest BCUT2D eigenvalue weighted by molar-refractivity contribution is 8.00. The van der Waals surface area contributed by atoms with E-state index in [1.807, 2.05) is 25.6 Å². The van der Waals surface area contributed by atoms with Crippen molar-refractivity contribution in [1.29, 1.82) is 0 Å². The minimum atomic E-state index is 0.0409. The first-order valence-corrected chi connectivity index (χ1v) is 8.19. The molecule has 0 radical (unpaired) electrons. The molecular weight excluding hydrogens is 274 g/mol. The van der Waals surface area contributed by atoms with Crippen LogP contribution in [0.25, 0.3) is 0 Å². The van der Waals surface area contributed by atoms with E-state index in [1.165, 1.54) is 19.3 Å². The van der Waals surface area contributed by atoms with Crippen LogP contribution in [0, 0.1) is 0 Å². The van der Waals surface area contributed by atoms with Gasteiger partial charge in [-0.05, 0) is 32.9 Å². The molecule has 0 saturated heterocycles. The molecule has 0 bridgehead atoms. The molecule has 0 spiro atoms. The maximum Gasteiger partial charge on any atom is 0.323 e. The van der Waals surface area contributed by atoms with Crippen molar-refractivity contribution in [3.63, 3.8) is 0 Å². The Bertz CT molecular complexity index is 445. The lowest BCUT2D eigenvalue weighted by Gasteiger charge is -2.40. The van der Waals surface area contributed by atoms with Gasteiger partial charge in [-0.25, -0.2) is 0 Å². The number of ether oxygens (including phenoxy) is 1. The summed E-state index contributed by atoms with van der Waals surface area (Å²) in [6.07, 6.45) is 6.02. The topological polar surface area (TPSA) is 72.0 Å². The minimum Gasteiger partial charge on any atom is -0.461 e. The van der Waals surface area contributed by atoms with Crippen molar-refractivity contribution in [2.45, 2.75) is 44.0 Å². The standard InChI is InChI=1S/C13H23N5OS/c1-9(2)19-12-17-10(14-3)16-11(18-12)15-8-13(20-4)6-5-7-13/h9H,5-8H2,1-4H3,(H2,14,15,16,17,18). The molecule has 1 aliphatic rings. The fourth-order valence-electron chi connectivity index (χ4n) is 2.08. The molecule has 20 heavy (non-hydrogen) atoms. The maximum atomic E-state index is 5.55. The number of nitrogens with one attached hydrogen (secondary N) is 2. The van der Waals surface area contributed by atoms with E-state index < -0.39 is 0 Å². The average Bonchev–Trinajstić information content (AvgIpc) is 2.37. The van der Waals surface area contributed by atoms with Gasteiger partial charge in [-0.15, -0.1) is 0 Å². The zero-order valence-electron chi connectivity index (χ0n) is 12.6. The summed E-state index contributed by atoms with van der Waals surface area (Å²) in [5.41, 5.74) is 0. The number of thioether (sulfide) groups is 1. The van der Waals surface area contributed by atoms with Crippen molar-refractivity contribution in [3.05, 3.63) is 0 Å². The Morgan fingerprint density at radius 2 is 1.95 bits per heavy atom. The summed E-state index contributed by atoms with van der Waals surface area (Å²) in [5.74, 6) is 1.09. The molecule has 2 rings (SSSR count). The van der Waals surface area contributed by atoms with Crippen LogP contribution >= 0.6 is 11.8 Å². The van der Waals surface area contributed by atoms with Crippen LogP contribution in [0.15, 0.2) is 0 Å². The van der Waals surface area contributed by atoms with Gasteiger partial charge in [0, 0.05) is 18.3 Å². The SMILES string of the molecule is CNc1nc(NCC2(SC)CCC2)nc(OC(C)C)n1. The van der Waals surface area contributed by atoms with Gasteiger partial charge in [-0.1, -0.05) is 6.42 Å². The molecule has 0 atom stereocenters. The van der Waals surface area contributed by atoms with Gasteiger partial charge in [-0.2, -0.15) is 26.7 Å². The first-order chi connectivity index (χ1) is 9.57. The molecule has 1 aromatic rings. The van der Waals surface area contributed by atoms with Crippen molar-refractivity contribution in [3.8, 4) is 6.01 Å². The van der Waals surface area contributed by atoms with Gasteiger partial charge in [0.25, 0.3) is 0 Å². The second-order valence-corrected chi connectivity index (χ2v) is 6.55. The summed E-state index contributed by atoms with van der Waals surface area (Å²) in [4.78, 5) is 12.8. The quantitative estimate of drug-likeness (QED) is 0.800. The van der Waals surface area contributed by atoms with Crippen molar-refractivity contribution < 1.29 is 4.74 Å². The smallest absolute Gasteiger partial charge is 0.323 e. The fraction of sp³-hybridized carbons (Fsp3) is 0.769. The number of hydrogen-bond acceptors (Lipinski definition) is 7. The highest BCUT2D eigenvalue weighted by Gasteiger charge is 2.36. The zero-order valence-corrected chi connectivity index (χ0v) is 13.4. The summed E-state index contributed by atoms with van der Waals surface area (Å²) >= 11 is 1.92. The van der Waals surface area contributed by atoms with Gasteiger partial charge in [0.05, 0.1) is 6.10 Å². The molecule has 0 aromatic carbocycles. The van der Waals surface area contributed by atoms with E-state index in [0.717, 1.165) is 6.54 Å². The predicted molar refractivity (Wildman–Crippen MR) is 83.7 cm³/mol. The van der Waals surface area contributed by atoms with Gasteiger partial charge in [0.1, 0.15) is 0 Å². The van der Waals surface area contributed by atoms with Crippen LogP contribution in [-0.2, 0) is 0 Å². The summed E-state index contributed by atoms with van der Waals surface area (Å²) < 4.78 is 5.89. The third kappa shape index (κ3) is 3.65. The molecule has 0 amide bonds. The molecular formula is C13H23N5OS. The lowest BCUT2D eigenvalue weighted by molar-refractivity contribution is 0.222. The van der Waals surface area contributed by atoms with E-state index in [4.69, 9.17) is 4.74 Å². The van der Waals surface area contributed by atoms with Crippen LogP contribution in [0.4, 0.5) is 11.9 Å². The Balaban J connectivity index is 2.06. The van der Waals surface area contributed by atoms with Crippen LogP contribution in [0.3, 0.4) is 0 Å². The third-order valence-electron chi connectivity index (χ3n) is 3.45. The minimum absolute atomic E-state index is 0.0409. The summed E-state index contributed by atoms with van der Waals surface area (Å²) in [6, 6.07) is 0.355. The van der Waals surface area contributed by atoms with Gasteiger partial charge < -0.3 is 15.4 Å². The van der Waals surface area contributed by atoms with Crippen molar-refractivity contribution >= 4 is 23.7 Å². The Morgan fingerprint density at radius 1 is 1.25 bits per heavy atom. The first-order valence-electron chi connectivity index (χ1n) is 6.96. The molecule has 1 saturated carbocycles. The van der Waals surface area contributed by atoms with Crippen molar-refractivity contribution in [2.75, 3.05) is 30.5 Å². The van der Waals surface area contributed by atoms with Gasteiger partial charge in [-0.3, -0.25) is 0 Å². The lowest BCUT2D eigenvalue weighted by atomic mass is 9.84. The summed E-state index contributed by atoms with van der Waals surface area (Å²) in [6.45, 7) is 4.78. The van der Waals surface area contributed by atoms with E-state index in [2.05, 4.69) is 31.8 Å². The molecule has 7 heteroatoms. The number of anilines is 2. The number of rotatable bonds is 7. The molecule has 1 fully saturated rings. The largest absolute Gasteiger partial charge is 0.461 e. The van der Waals surface area contributed by atoms with Gasteiger partial charge in [0.2, 0.25) is 11.9 Å². The van der Waals surface area contributed by atoms with Gasteiger partial charge >= 0.3 is 6.01 Å². The van der Waals surface area contributed by atoms with Gasteiger partial charge in [0.15, 0.2) is 0 Å². The average molecular weight is 297 g/mol. The van der Waals surface area contributed by atoms with E-state index in [1.54, 1.807) is 7.05 Å². The highest BCUT2D eigenvalue weighted by Crippen LogP contribution is 2.42. The second kappa shape index (κ2) is 6.47. The molecule has 0 unspecified atom stereocenters. The van der Waals surface area contributed by atoms with E-state index in [0.29, 0.717) is 22.7 Å². The van der Waals surface area contributed by atoms with Crippen LogP contribution in [0.1, 0.15) is 33.1 Å². The fourth-order valence-corrected chi connectivity index (χ4v) is 2.99. The molecule has 1 aliphatic carbocycles. The summed E-state index contributed by atoms with van der Waals surface area (Å²) in [7, 11) is 1.79. The van der Waals surface area contributed by atoms with Crippen LogP contribution in [0.5, 0.6) is 6.01 Å². The van der Waals surface area contributed by atoms with E-state index in [-0.39, 0.29) is 6.10 Å².